The molecule has 2 heterocycles. The normalized spacial score (nSPS) is 12.2. The zero-order valence-electron chi connectivity index (χ0n) is 36.9. The first-order chi connectivity index (χ1) is 31.4. The number of benzene rings is 8. The van der Waals surface area contributed by atoms with Crippen LogP contribution in [0.2, 0.25) is 0 Å². The predicted octanol–water partition coefficient (Wildman–Crippen LogP) is 16.6. The Morgan fingerprint density at radius 1 is 0.394 bits per heavy atom. The third-order valence-electron chi connectivity index (χ3n) is 12.9. The fourth-order valence-corrected chi connectivity index (χ4v) is 10.5. The zero-order valence-corrected chi connectivity index (χ0v) is 36.9. The van der Waals surface area contributed by atoms with Crippen molar-refractivity contribution in [3.63, 3.8) is 0 Å². The van der Waals surface area contributed by atoms with E-state index in [4.69, 9.17) is 0 Å². The summed E-state index contributed by atoms with van der Waals surface area (Å²) in [7, 11) is 0. The largest absolute Gasteiger partial charge is 0.416 e. The molecule has 0 bridgehead atoms. The summed E-state index contributed by atoms with van der Waals surface area (Å²) in [6.07, 6.45) is -10.2. The van der Waals surface area contributed by atoms with Crippen molar-refractivity contribution in [3.05, 3.63) is 190 Å². The highest BCUT2D eigenvalue weighted by Gasteiger charge is 2.38. The monoisotopic (exact) mass is 881 g/mol. The van der Waals surface area contributed by atoms with Crippen molar-refractivity contribution < 1.29 is 26.3 Å². The second-order valence-electron chi connectivity index (χ2n) is 17.5. The fourth-order valence-electron chi connectivity index (χ4n) is 10.5. The molecule has 0 saturated carbocycles. The minimum absolute atomic E-state index is 0.0829. The summed E-state index contributed by atoms with van der Waals surface area (Å²) in [5.74, 6) is 0. The second-order valence-corrected chi connectivity index (χ2v) is 17.5. The highest BCUT2D eigenvalue weighted by Crippen LogP contribution is 2.47. The third kappa shape index (κ3) is 6.91. The Bertz CT molecular complexity index is 3430. The van der Waals surface area contributed by atoms with E-state index in [0.29, 0.717) is 22.1 Å². The molecular weight excluding hydrogens is 841 g/mol. The second kappa shape index (κ2) is 15.3. The maximum absolute atomic E-state index is 14.8. The van der Waals surface area contributed by atoms with Gasteiger partial charge >= 0.3 is 12.4 Å². The van der Waals surface area contributed by atoms with Crippen LogP contribution >= 0.6 is 0 Å². The highest BCUT2D eigenvalue weighted by molar-refractivity contribution is 6.13. The molecule has 0 fully saturated rings. The summed E-state index contributed by atoms with van der Waals surface area (Å²) < 4.78 is 92.8. The minimum Gasteiger partial charge on any atom is -0.308 e. The first kappa shape index (κ1) is 42.4. The van der Waals surface area contributed by atoms with Gasteiger partial charge in [0.25, 0.3) is 0 Å². The molecule has 0 saturated heterocycles. The third-order valence-corrected chi connectivity index (χ3v) is 12.9. The Morgan fingerprint density at radius 3 is 1.15 bits per heavy atom. The molecule has 0 atom stereocenters. The van der Waals surface area contributed by atoms with Crippen molar-refractivity contribution in [1.29, 1.82) is 5.26 Å². The maximum atomic E-state index is 14.8. The van der Waals surface area contributed by atoms with Crippen molar-refractivity contribution in [1.82, 2.24) is 9.13 Å². The average molecular weight is 882 g/mol. The summed E-state index contributed by atoms with van der Waals surface area (Å²) in [6.45, 7) is 12.4. The minimum atomic E-state index is -5.12. The molecule has 0 amide bonds. The van der Waals surface area contributed by atoms with E-state index in [0.717, 1.165) is 89.3 Å². The van der Waals surface area contributed by atoms with Crippen LogP contribution in [-0.4, -0.2) is 9.13 Å². The molecule has 0 unspecified atom stereocenters. The Hall–Kier alpha value is -7.57. The summed E-state index contributed by atoms with van der Waals surface area (Å²) >= 11 is 0. The molecule has 0 aliphatic carbocycles. The molecule has 10 aromatic rings. The number of para-hydroxylation sites is 2. The Morgan fingerprint density at radius 2 is 0.773 bits per heavy atom. The van der Waals surface area contributed by atoms with Gasteiger partial charge in [0.1, 0.15) is 0 Å². The number of alkyl halides is 6. The number of hydrogen-bond donors (Lipinski definition) is 0. The number of halogens is 6. The number of nitrogens with zero attached hydrogens (tertiary/aromatic N) is 3. The molecule has 0 aliphatic rings. The van der Waals surface area contributed by atoms with Crippen LogP contribution in [0.5, 0.6) is 0 Å². The van der Waals surface area contributed by atoms with Gasteiger partial charge in [0, 0.05) is 27.1 Å². The Kier molecular flexibility index (Phi) is 9.81. The molecule has 0 radical (unpaired) electrons. The van der Waals surface area contributed by atoms with E-state index >= 15 is 0 Å². The first-order valence-corrected chi connectivity index (χ1v) is 21.5. The molecule has 0 N–H and O–H groups in total. The lowest BCUT2D eigenvalue weighted by Gasteiger charge is -2.22. The molecule has 10 rings (SSSR count). The van der Waals surface area contributed by atoms with Gasteiger partial charge in [0.15, 0.2) is 0 Å². The van der Waals surface area contributed by atoms with Crippen LogP contribution in [0.15, 0.2) is 140 Å². The molecule has 8 aromatic carbocycles. The molecule has 0 spiro atoms. The van der Waals surface area contributed by atoms with Crippen molar-refractivity contribution in [2.24, 2.45) is 0 Å². The van der Waals surface area contributed by atoms with E-state index in [-0.39, 0.29) is 34.1 Å². The lowest BCUT2D eigenvalue weighted by molar-refractivity contribution is -0.143. The Balaban J connectivity index is 1.36. The average Bonchev–Trinajstić information content (AvgIpc) is 3.77. The van der Waals surface area contributed by atoms with Gasteiger partial charge in [-0.05, 0) is 158 Å². The molecule has 3 nitrogen and oxygen atoms in total. The van der Waals surface area contributed by atoms with E-state index in [2.05, 4.69) is 70.2 Å². The van der Waals surface area contributed by atoms with Crippen molar-refractivity contribution >= 4 is 43.6 Å². The van der Waals surface area contributed by atoms with E-state index < -0.39 is 23.5 Å². The summed E-state index contributed by atoms with van der Waals surface area (Å²) in [4.78, 5) is 0. The smallest absolute Gasteiger partial charge is 0.308 e. The van der Waals surface area contributed by atoms with Gasteiger partial charge in [-0.25, -0.2) is 0 Å². The van der Waals surface area contributed by atoms with Gasteiger partial charge in [0.2, 0.25) is 0 Å². The number of rotatable bonds is 5. The quantitative estimate of drug-likeness (QED) is 0.159. The molecule has 2 aromatic heterocycles. The summed E-state index contributed by atoms with van der Waals surface area (Å²) in [5.41, 5.74) is 10.9. The summed E-state index contributed by atoms with van der Waals surface area (Å²) in [6, 6.07) is 42.8. The molecule has 326 valence electrons. The molecule has 0 aliphatic heterocycles. The van der Waals surface area contributed by atoms with E-state index in [1.54, 1.807) is 12.1 Å². The molecular formula is C57H41F6N3. The van der Waals surface area contributed by atoms with Gasteiger partial charge in [-0.2, -0.15) is 31.6 Å². The number of nitriles is 1. The van der Waals surface area contributed by atoms with Gasteiger partial charge in [-0.15, -0.1) is 0 Å². The Labute approximate surface area is 377 Å². The van der Waals surface area contributed by atoms with Gasteiger partial charge in [-0.3, -0.25) is 0 Å². The zero-order chi connectivity index (χ0) is 46.6. The number of aromatic nitrogens is 2. The van der Waals surface area contributed by atoms with Crippen LogP contribution in [0.3, 0.4) is 0 Å². The number of hydrogen-bond acceptors (Lipinski definition) is 1. The van der Waals surface area contributed by atoms with E-state index in [9.17, 15) is 31.6 Å². The SMILES string of the molecule is Cc1cc(C)c(-c2ccc3c(c2)c2ccccc2n3-c2cc(C#N)cc(-n3c4ccccc4c4cc(-c5c(C)cc(C)cc5C)ccc43)c2-c2cc(C(F)(F)F)cc(C(F)(F)F)c2)c(C)c1. The predicted molar refractivity (Wildman–Crippen MR) is 255 cm³/mol. The van der Waals surface area contributed by atoms with Crippen LogP contribution in [0.1, 0.15) is 50.1 Å². The molecule has 9 heteroatoms. The van der Waals surface area contributed by atoms with Crippen molar-refractivity contribution in [2.45, 2.75) is 53.9 Å². The van der Waals surface area contributed by atoms with Gasteiger partial charge < -0.3 is 9.13 Å². The van der Waals surface area contributed by atoms with Crippen molar-refractivity contribution in [2.75, 3.05) is 0 Å². The number of fused-ring (bicyclic) bond motifs is 6. The lowest BCUT2D eigenvalue weighted by Crippen LogP contribution is -2.12. The summed E-state index contributed by atoms with van der Waals surface area (Å²) in [5, 5.41) is 14.1. The van der Waals surface area contributed by atoms with Crippen LogP contribution in [0.4, 0.5) is 26.3 Å². The van der Waals surface area contributed by atoms with Crippen molar-refractivity contribution in [3.8, 4) is 50.8 Å². The van der Waals surface area contributed by atoms with Crippen LogP contribution in [-0.2, 0) is 12.4 Å². The first-order valence-electron chi connectivity index (χ1n) is 21.5. The van der Waals surface area contributed by atoms with Gasteiger partial charge in [-0.1, -0.05) is 83.9 Å². The van der Waals surface area contributed by atoms with E-state index in [1.807, 2.05) is 95.8 Å². The molecule has 66 heavy (non-hydrogen) atoms. The highest BCUT2D eigenvalue weighted by atomic mass is 19.4. The maximum Gasteiger partial charge on any atom is 0.416 e. The standard InChI is InChI=1S/C57H41F6N3/c1-31-19-33(3)53(34(4)20-31)38-15-17-49-45(27-38)43-11-7-9-13-47(43)65(49)51-23-37(30-64)24-52(55(51)40-25-41(56(58,59)60)29-42(26-40)57(61,62)63)66-48-14-10-8-12-44(48)46-28-39(16-18-50(46)66)54-35(5)21-32(2)22-36(54)6/h7-29H,1-6H3. The van der Waals surface area contributed by atoms with E-state index in [1.165, 1.54) is 0 Å². The fraction of sp³-hybridized carbons (Fsp3) is 0.140. The van der Waals surface area contributed by atoms with Crippen LogP contribution in [0.25, 0.3) is 88.4 Å². The number of aryl methyl sites for hydroxylation is 6. The topological polar surface area (TPSA) is 33.6 Å². The van der Waals surface area contributed by atoms with Crippen LogP contribution < -0.4 is 0 Å². The van der Waals surface area contributed by atoms with Crippen LogP contribution in [0, 0.1) is 52.9 Å². The van der Waals surface area contributed by atoms with Gasteiger partial charge in [0.05, 0.1) is 56.2 Å². The lowest BCUT2D eigenvalue weighted by atomic mass is 9.93.